The van der Waals surface area contributed by atoms with Gasteiger partial charge in [0, 0.05) is 12.2 Å². The Hall–Kier alpha value is -2.23. The predicted molar refractivity (Wildman–Crippen MR) is 91.3 cm³/mol. The third-order valence-electron chi connectivity index (χ3n) is 4.47. The average Bonchev–Trinajstić information content (AvgIpc) is 2.99. The van der Waals surface area contributed by atoms with Crippen LogP contribution < -0.4 is 10.2 Å². The van der Waals surface area contributed by atoms with Crippen molar-refractivity contribution in [1.29, 1.82) is 0 Å². The van der Waals surface area contributed by atoms with E-state index in [1.165, 1.54) is 24.8 Å². The lowest BCUT2D eigenvalue weighted by molar-refractivity contribution is -0.120. The molecule has 0 spiro atoms. The molecule has 1 heterocycles. The van der Waals surface area contributed by atoms with E-state index in [1.54, 1.807) is 6.26 Å². The molecule has 23 heavy (non-hydrogen) atoms. The maximum atomic E-state index is 12.3. The Kier molecular flexibility index (Phi) is 5.01. The highest BCUT2D eigenvalue weighted by atomic mass is 16.3. The van der Waals surface area contributed by atoms with Crippen LogP contribution in [-0.4, -0.2) is 19.0 Å². The van der Waals surface area contributed by atoms with Gasteiger partial charge in [0.25, 0.3) is 0 Å². The second kappa shape index (κ2) is 7.36. The molecule has 1 aromatic heterocycles. The molecule has 0 atom stereocenters. The van der Waals surface area contributed by atoms with E-state index < -0.39 is 0 Å². The number of carbonyl (C=O) groups excluding carboxylic acids is 1. The first-order valence-electron chi connectivity index (χ1n) is 8.31. The van der Waals surface area contributed by atoms with Crippen LogP contribution >= 0.6 is 0 Å². The van der Waals surface area contributed by atoms with Crippen LogP contribution in [0, 0.1) is 12.8 Å². The normalized spacial score (nSPS) is 14.3. The summed E-state index contributed by atoms with van der Waals surface area (Å²) in [6.07, 6.45) is 5.45. The summed E-state index contributed by atoms with van der Waals surface area (Å²) in [5.74, 6) is 1.61. The number of nitrogens with zero attached hydrogens (tertiary/aromatic N) is 1. The summed E-state index contributed by atoms with van der Waals surface area (Å²) >= 11 is 0. The zero-order valence-corrected chi connectivity index (χ0v) is 13.6. The van der Waals surface area contributed by atoms with E-state index >= 15 is 0 Å². The Bertz CT molecular complexity index is 615. The van der Waals surface area contributed by atoms with Gasteiger partial charge in [-0.05, 0) is 49.9 Å². The monoisotopic (exact) mass is 312 g/mol. The van der Waals surface area contributed by atoms with Gasteiger partial charge in [-0.2, -0.15) is 0 Å². The molecule has 0 unspecified atom stereocenters. The van der Waals surface area contributed by atoms with Gasteiger partial charge in [0.05, 0.1) is 19.4 Å². The number of furan rings is 1. The molecule has 2 aromatic rings. The predicted octanol–water partition coefficient (Wildman–Crippen LogP) is 3.51. The highest BCUT2D eigenvalue weighted by Crippen LogP contribution is 2.25. The third-order valence-corrected chi connectivity index (χ3v) is 4.47. The fourth-order valence-electron chi connectivity index (χ4n) is 2.77. The molecule has 0 bridgehead atoms. The summed E-state index contributed by atoms with van der Waals surface area (Å²) in [7, 11) is 0. The van der Waals surface area contributed by atoms with E-state index in [4.69, 9.17) is 4.42 Å². The van der Waals surface area contributed by atoms with Crippen LogP contribution in [0.3, 0.4) is 0 Å². The Morgan fingerprint density at radius 3 is 2.65 bits per heavy atom. The van der Waals surface area contributed by atoms with Gasteiger partial charge in [-0.3, -0.25) is 4.79 Å². The topological polar surface area (TPSA) is 45.5 Å². The molecule has 1 N–H and O–H groups in total. The number of hydrogen-bond donors (Lipinski definition) is 1. The molecule has 4 nitrogen and oxygen atoms in total. The number of anilines is 1. The summed E-state index contributed by atoms with van der Waals surface area (Å²) in [6, 6.07) is 12.1. The maximum Gasteiger partial charge on any atom is 0.239 e. The Morgan fingerprint density at radius 2 is 2.04 bits per heavy atom. The van der Waals surface area contributed by atoms with Gasteiger partial charge >= 0.3 is 0 Å². The molecule has 3 rings (SSSR count). The quantitative estimate of drug-likeness (QED) is 0.851. The van der Waals surface area contributed by atoms with E-state index in [-0.39, 0.29) is 5.91 Å². The highest BCUT2D eigenvalue weighted by molar-refractivity contribution is 5.81. The van der Waals surface area contributed by atoms with Crippen molar-refractivity contribution in [2.75, 3.05) is 18.0 Å². The lowest BCUT2D eigenvalue weighted by atomic mass is 9.85. The van der Waals surface area contributed by atoms with Crippen molar-refractivity contribution in [1.82, 2.24) is 5.32 Å². The largest absolute Gasteiger partial charge is 0.467 e. The molecule has 0 aliphatic heterocycles. The first kappa shape index (κ1) is 15.7. The average molecular weight is 312 g/mol. The number of rotatable bonds is 7. The zero-order chi connectivity index (χ0) is 16.1. The molecule has 1 aliphatic rings. The molecular weight excluding hydrogens is 288 g/mol. The van der Waals surface area contributed by atoms with Crippen molar-refractivity contribution < 1.29 is 9.21 Å². The fourth-order valence-corrected chi connectivity index (χ4v) is 2.77. The summed E-state index contributed by atoms with van der Waals surface area (Å²) < 4.78 is 5.44. The van der Waals surface area contributed by atoms with E-state index in [0.717, 1.165) is 18.0 Å². The number of nitrogens with one attached hydrogen (secondary N) is 1. The molecule has 1 amide bonds. The van der Waals surface area contributed by atoms with Crippen LogP contribution in [0.4, 0.5) is 5.69 Å². The molecule has 1 aromatic carbocycles. The van der Waals surface area contributed by atoms with Crippen molar-refractivity contribution in [2.45, 2.75) is 32.7 Å². The smallest absolute Gasteiger partial charge is 0.239 e. The summed E-state index contributed by atoms with van der Waals surface area (Å²) in [4.78, 5) is 14.3. The molecule has 122 valence electrons. The van der Waals surface area contributed by atoms with E-state index in [9.17, 15) is 4.79 Å². The second-order valence-electron chi connectivity index (χ2n) is 6.37. The first-order valence-corrected chi connectivity index (χ1v) is 8.31. The van der Waals surface area contributed by atoms with Crippen molar-refractivity contribution in [2.24, 2.45) is 5.92 Å². The molecule has 4 heteroatoms. The SMILES string of the molecule is Cc1ccc(N(CC(=O)NCC2CCC2)Cc2ccco2)cc1. The van der Waals surface area contributed by atoms with Gasteiger partial charge < -0.3 is 14.6 Å². The lowest BCUT2D eigenvalue weighted by Gasteiger charge is -2.27. The van der Waals surface area contributed by atoms with Crippen molar-refractivity contribution in [3.8, 4) is 0 Å². The maximum absolute atomic E-state index is 12.3. The minimum atomic E-state index is 0.0732. The van der Waals surface area contributed by atoms with Crippen molar-refractivity contribution >= 4 is 11.6 Å². The number of benzene rings is 1. The second-order valence-corrected chi connectivity index (χ2v) is 6.37. The Labute approximate surface area is 137 Å². The molecule has 1 fully saturated rings. The van der Waals surface area contributed by atoms with Gasteiger partial charge in [0.1, 0.15) is 5.76 Å². The van der Waals surface area contributed by atoms with Crippen LogP contribution in [0.2, 0.25) is 0 Å². The molecule has 0 saturated heterocycles. The minimum Gasteiger partial charge on any atom is -0.467 e. The first-order chi connectivity index (χ1) is 11.2. The van der Waals surface area contributed by atoms with Crippen LogP contribution in [0.15, 0.2) is 47.1 Å². The number of amides is 1. The van der Waals surface area contributed by atoms with Gasteiger partial charge in [-0.15, -0.1) is 0 Å². The molecule has 1 saturated carbocycles. The van der Waals surface area contributed by atoms with Gasteiger partial charge in [0.2, 0.25) is 5.91 Å². The van der Waals surface area contributed by atoms with Gasteiger partial charge in [-0.1, -0.05) is 24.1 Å². The molecule has 0 radical (unpaired) electrons. The molecule has 1 aliphatic carbocycles. The summed E-state index contributed by atoms with van der Waals surface area (Å²) in [6.45, 7) is 3.80. The zero-order valence-electron chi connectivity index (χ0n) is 13.6. The Morgan fingerprint density at radius 1 is 1.26 bits per heavy atom. The standard InChI is InChI=1S/C19H24N2O2/c1-15-7-9-17(10-8-15)21(13-18-6-3-11-23-18)14-19(22)20-12-16-4-2-5-16/h3,6-11,16H,2,4-5,12-14H2,1H3,(H,20,22). The number of hydrogen-bond acceptors (Lipinski definition) is 3. The van der Waals surface area contributed by atoms with Gasteiger partial charge in [0.15, 0.2) is 0 Å². The van der Waals surface area contributed by atoms with E-state index in [2.05, 4.69) is 36.5 Å². The van der Waals surface area contributed by atoms with Crippen LogP contribution in [-0.2, 0) is 11.3 Å². The van der Waals surface area contributed by atoms with Gasteiger partial charge in [-0.25, -0.2) is 0 Å². The van der Waals surface area contributed by atoms with E-state index in [1.807, 2.05) is 17.0 Å². The number of aryl methyl sites for hydroxylation is 1. The Balaban J connectivity index is 1.63. The highest BCUT2D eigenvalue weighted by Gasteiger charge is 2.19. The van der Waals surface area contributed by atoms with Crippen LogP contribution in [0.25, 0.3) is 0 Å². The van der Waals surface area contributed by atoms with E-state index in [0.29, 0.717) is 19.0 Å². The third kappa shape index (κ3) is 4.38. The number of carbonyl (C=O) groups is 1. The minimum absolute atomic E-state index is 0.0732. The van der Waals surface area contributed by atoms with Crippen molar-refractivity contribution in [3.05, 3.63) is 54.0 Å². The summed E-state index contributed by atoms with van der Waals surface area (Å²) in [5, 5.41) is 3.06. The fraction of sp³-hybridized carbons (Fsp3) is 0.421. The molecular formula is C19H24N2O2. The summed E-state index contributed by atoms with van der Waals surface area (Å²) in [5.41, 5.74) is 2.24. The van der Waals surface area contributed by atoms with Crippen LogP contribution in [0.5, 0.6) is 0 Å². The van der Waals surface area contributed by atoms with Crippen LogP contribution in [0.1, 0.15) is 30.6 Å². The van der Waals surface area contributed by atoms with Crippen molar-refractivity contribution in [3.63, 3.8) is 0 Å². The lowest BCUT2D eigenvalue weighted by Crippen LogP contribution is -2.40.